The molecule has 0 saturated carbocycles. The summed E-state index contributed by atoms with van der Waals surface area (Å²) in [6.07, 6.45) is 9.68. The smallest absolute Gasteiger partial charge is 0.0300 e. The van der Waals surface area contributed by atoms with Gasteiger partial charge in [-0.05, 0) is 30.4 Å². The summed E-state index contributed by atoms with van der Waals surface area (Å²) in [6, 6.07) is 4.37. The maximum atomic E-state index is 6.27. The van der Waals surface area contributed by atoms with Gasteiger partial charge in [0.15, 0.2) is 0 Å². The van der Waals surface area contributed by atoms with E-state index in [0.29, 0.717) is 5.92 Å². The summed E-state index contributed by atoms with van der Waals surface area (Å²) in [6.45, 7) is 4.47. The van der Waals surface area contributed by atoms with Gasteiger partial charge in [-0.2, -0.15) is 0 Å². The lowest BCUT2D eigenvalue weighted by atomic mass is 9.88. The standard InChI is InChI=1S/C14H24N2/c1-3-5-8-13(4-2)14(15)10-12-7-6-9-16-11-12/h6-7,9,11,13-14H,3-5,8,10,15H2,1-2H3. The van der Waals surface area contributed by atoms with Crippen molar-refractivity contribution in [2.24, 2.45) is 11.7 Å². The monoisotopic (exact) mass is 220 g/mol. The number of nitrogens with zero attached hydrogens (tertiary/aromatic N) is 1. The molecule has 1 rings (SSSR count). The van der Waals surface area contributed by atoms with E-state index in [1.165, 1.54) is 31.2 Å². The Morgan fingerprint density at radius 1 is 1.38 bits per heavy atom. The van der Waals surface area contributed by atoms with Crippen LogP contribution < -0.4 is 5.73 Å². The molecule has 16 heavy (non-hydrogen) atoms. The summed E-state index contributed by atoms with van der Waals surface area (Å²) in [4.78, 5) is 4.13. The fourth-order valence-corrected chi connectivity index (χ4v) is 2.14. The first-order valence-corrected chi connectivity index (χ1v) is 6.42. The van der Waals surface area contributed by atoms with Crippen LogP contribution in [0, 0.1) is 5.92 Å². The number of aromatic nitrogens is 1. The lowest BCUT2D eigenvalue weighted by Gasteiger charge is -2.22. The first kappa shape index (κ1) is 13.2. The first-order chi connectivity index (χ1) is 7.77. The molecule has 0 bridgehead atoms. The van der Waals surface area contributed by atoms with Crippen molar-refractivity contribution < 1.29 is 0 Å². The quantitative estimate of drug-likeness (QED) is 0.766. The summed E-state index contributed by atoms with van der Waals surface area (Å²) in [5, 5.41) is 0. The molecule has 2 heteroatoms. The molecule has 2 atom stereocenters. The van der Waals surface area contributed by atoms with Gasteiger partial charge in [-0.25, -0.2) is 0 Å². The average molecular weight is 220 g/mol. The van der Waals surface area contributed by atoms with Gasteiger partial charge in [0, 0.05) is 18.4 Å². The molecule has 2 nitrogen and oxygen atoms in total. The Morgan fingerprint density at radius 2 is 2.19 bits per heavy atom. The largest absolute Gasteiger partial charge is 0.327 e. The predicted molar refractivity (Wildman–Crippen MR) is 69.2 cm³/mol. The maximum Gasteiger partial charge on any atom is 0.0300 e. The van der Waals surface area contributed by atoms with Gasteiger partial charge in [0.2, 0.25) is 0 Å². The zero-order valence-corrected chi connectivity index (χ0v) is 10.5. The van der Waals surface area contributed by atoms with Crippen LogP contribution in [-0.2, 0) is 6.42 Å². The summed E-state index contributed by atoms with van der Waals surface area (Å²) < 4.78 is 0. The Balaban J connectivity index is 2.46. The average Bonchev–Trinajstić information content (AvgIpc) is 2.31. The molecule has 0 fully saturated rings. The van der Waals surface area contributed by atoms with Gasteiger partial charge in [0.05, 0.1) is 0 Å². The minimum Gasteiger partial charge on any atom is -0.327 e. The van der Waals surface area contributed by atoms with E-state index in [9.17, 15) is 0 Å². The zero-order chi connectivity index (χ0) is 11.8. The second-order valence-corrected chi connectivity index (χ2v) is 4.54. The molecule has 1 heterocycles. The summed E-state index contributed by atoms with van der Waals surface area (Å²) in [5.74, 6) is 0.653. The van der Waals surface area contributed by atoms with Crippen LogP contribution >= 0.6 is 0 Å². The summed E-state index contributed by atoms with van der Waals surface area (Å²) >= 11 is 0. The Labute approximate surface area is 99.3 Å². The second kappa shape index (κ2) is 7.39. The van der Waals surface area contributed by atoms with Crippen LogP contribution in [0.4, 0.5) is 0 Å². The lowest BCUT2D eigenvalue weighted by Crippen LogP contribution is -2.32. The van der Waals surface area contributed by atoms with E-state index in [1.807, 2.05) is 18.5 Å². The van der Waals surface area contributed by atoms with Crippen molar-refractivity contribution in [2.45, 2.75) is 52.0 Å². The Kier molecular flexibility index (Phi) is 6.09. The number of pyridine rings is 1. The maximum absolute atomic E-state index is 6.27. The fraction of sp³-hybridized carbons (Fsp3) is 0.643. The van der Waals surface area contributed by atoms with Crippen molar-refractivity contribution >= 4 is 0 Å². The van der Waals surface area contributed by atoms with Crippen molar-refractivity contribution in [3.8, 4) is 0 Å². The Bertz CT molecular complexity index is 271. The van der Waals surface area contributed by atoms with Gasteiger partial charge in [-0.1, -0.05) is 39.2 Å². The van der Waals surface area contributed by atoms with Crippen molar-refractivity contribution in [1.29, 1.82) is 0 Å². The van der Waals surface area contributed by atoms with Crippen molar-refractivity contribution in [3.05, 3.63) is 30.1 Å². The van der Waals surface area contributed by atoms with Crippen molar-refractivity contribution in [2.75, 3.05) is 0 Å². The van der Waals surface area contributed by atoms with Gasteiger partial charge in [-0.15, -0.1) is 0 Å². The highest BCUT2D eigenvalue weighted by molar-refractivity contribution is 5.10. The van der Waals surface area contributed by atoms with E-state index in [1.54, 1.807) is 0 Å². The Morgan fingerprint density at radius 3 is 2.75 bits per heavy atom. The number of hydrogen-bond donors (Lipinski definition) is 1. The van der Waals surface area contributed by atoms with Gasteiger partial charge in [0.25, 0.3) is 0 Å². The highest BCUT2D eigenvalue weighted by atomic mass is 14.7. The van der Waals surface area contributed by atoms with Crippen molar-refractivity contribution in [1.82, 2.24) is 4.98 Å². The van der Waals surface area contributed by atoms with Crippen LogP contribution in [0.25, 0.3) is 0 Å². The van der Waals surface area contributed by atoms with Crippen LogP contribution in [-0.4, -0.2) is 11.0 Å². The highest BCUT2D eigenvalue weighted by Gasteiger charge is 2.15. The van der Waals surface area contributed by atoms with E-state index >= 15 is 0 Å². The minimum atomic E-state index is 0.278. The van der Waals surface area contributed by atoms with Crippen molar-refractivity contribution in [3.63, 3.8) is 0 Å². The zero-order valence-electron chi connectivity index (χ0n) is 10.5. The van der Waals surface area contributed by atoms with Crippen LogP contribution in [0.1, 0.15) is 45.1 Å². The molecular weight excluding hydrogens is 196 g/mol. The number of nitrogens with two attached hydrogens (primary N) is 1. The third kappa shape index (κ3) is 4.31. The molecule has 0 aromatic carbocycles. The second-order valence-electron chi connectivity index (χ2n) is 4.54. The normalized spacial score (nSPS) is 14.7. The lowest BCUT2D eigenvalue weighted by molar-refractivity contribution is 0.368. The van der Waals surface area contributed by atoms with E-state index < -0.39 is 0 Å². The van der Waals surface area contributed by atoms with Crippen LogP contribution in [0.3, 0.4) is 0 Å². The van der Waals surface area contributed by atoms with Gasteiger partial charge in [0.1, 0.15) is 0 Å². The van der Waals surface area contributed by atoms with E-state index in [4.69, 9.17) is 5.73 Å². The molecule has 0 saturated heterocycles. The molecule has 0 spiro atoms. The fourth-order valence-electron chi connectivity index (χ4n) is 2.14. The van der Waals surface area contributed by atoms with E-state index in [-0.39, 0.29) is 6.04 Å². The molecule has 2 N–H and O–H groups in total. The molecule has 0 aliphatic rings. The van der Waals surface area contributed by atoms with Crippen LogP contribution in [0.15, 0.2) is 24.5 Å². The molecule has 1 aromatic rings. The van der Waals surface area contributed by atoms with Crippen LogP contribution in [0.2, 0.25) is 0 Å². The van der Waals surface area contributed by atoms with E-state index in [2.05, 4.69) is 24.9 Å². The molecule has 1 aromatic heterocycles. The molecular formula is C14H24N2. The summed E-state index contributed by atoms with van der Waals surface area (Å²) in [5.41, 5.74) is 7.53. The predicted octanol–water partition coefficient (Wildman–Crippen LogP) is 3.17. The number of rotatable bonds is 7. The molecule has 90 valence electrons. The topological polar surface area (TPSA) is 38.9 Å². The minimum absolute atomic E-state index is 0.278. The highest BCUT2D eigenvalue weighted by Crippen LogP contribution is 2.18. The number of unbranched alkanes of at least 4 members (excludes halogenated alkanes) is 1. The Hall–Kier alpha value is -0.890. The SMILES string of the molecule is CCCCC(CC)C(N)Cc1cccnc1. The molecule has 2 unspecified atom stereocenters. The van der Waals surface area contributed by atoms with E-state index in [0.717, 1.165) is 6.42 Å². The third-order valence-corrected chi connectivity index (χ3v) is 3.25. The molecule has 0 aliphatic heterocycles. The van der Waals surface area contributed by atoms with Gasteiger partial charge in [-0.3, -0.25) is 4.98 Å². The molecule has 0 amide bonds. The van der Waals surface area contributed by atoms with Crippen LogP contribution in [0.5, 0.6) is 0 Å². The summed E-state index contributed by atoms with van der Waals surface area (Å²) in [7, 11) is 0. The first-order valence-electron chi connectivity index (χ1n) is 6.42. The van der Waals surface area contributed by atoms with Gasteiger partial charge < -0.3 is 5.73 Å². The molecule has 0 radical (unpaired) electrons. The molecule has 0 aliphatic carbocycles. The third-order valence-electron chi connectivity index (χ3n) is 3.25. The van der Waals surface area contributed by atoms with Gasteiger partial charge >= 0.3 is 0 Å². The number of hydrogen-bond acceptors (Lipinski definition) is 2.